The highest BCUT2D eigenvalue weighted by Crippen LogP contribution is 2.44. The van der Waals surface area contributed by atoms with Crippen LogP contribution in [0.4, 0.5) is 54.5 Å². The fraction of sp³-hybridized carbons (Fsp3) is 0.381. The fourth-order valence-electron chi connectivity index (χ4n) is 6.73. The molecule has 366 valence electrons. The van der Waals surface area contributed by atoms with Gasteiger partial charge in [-0.3, -0.25) is 14.9 Å². The molecule has 0 aliphatic heterocycles. The number of anilines is 1. The lowest BCUT2D eigenvalue weighted by Gasteiger charge is -2.24. The molecule has 3 atom stereocenters. The summed E-state index contributed by atoms with van der Waals surface area (Å²) in [5.41, 5.74) is -5.94. The van der Waals surface area contributed by atoms with E-state index in [1.807, 2.05) is 5.32 Å². The van der Waals surface area contributed by atoms with Gasteiger partial charge in [0.05, 0.1) is 46.2 Å². The minimum absolute atomic E-state index is 0.130. The minimum atomic E-state index is -5.33. The molecule has 68 heavy (non-hydrogen) atoms. The Balaban J connectivity index is 1.78. The number of carboxylic acid groups (broad SMARTS) is 1. The van der Waals surface area contributed by atoms with Gasteiger partial charge in [-0.25, -0.2) is 23.4 Å². The molecular weight excluding hydrogens is 988 g/mol. The first kappa shape index (κ1) is 53.2. The Hall–Kier alpha value is -5.71. The minimum Gasteiger partial charge on any atom is -0.615 e. The number of ether oxygens (including phenoxy) is 1. The lowest BCUT2D eigenvalue weighted by molar-refractivity contribution is -0.145. The van der Waals surface area contributed by atoms with Crippen molar-refractivity contribution in [2.45, 2.75) is 81.7 Å². The van der Waals surface area contributed by atoms with Crippen molar-refractivity contribution in [3.8, 4) is 23.0 Å². The Bertz CT molecular complexity index is 2720. The number of carbonyl (C=O) groups excluding carboxylic acids is 2. The van der Waals surface area contributed by atoms with Crippen LogP contribution in [0.15, 0.2) is 53.7 Å². The molecule has 4 N–H and O–H groups in total. The Morgan fingerprint density at radius 1 is 1.09 bits per heavy atom. The molecule has 2 aromatic carbocycles. The standard InChI is InChI=1S/C42H38ClF10N7O6S2/c1-20(37(62)63)66-38(64)60(67-4)36-31-28(43)9-8-26(33(31)59(58-36)19-41(48,49)50)25-7-6-24(10-12-39(2,3)68(5)65)56-32(25)29(16-21-14-22(44)17-23(45)15-21)57-30(61)18-55-35-27(11-13-40(35,46)47)34(54)42(51,52)53/h6-9,14-15,17,20,29,54-55H,11,13,16,18-19H2,1-5H3,(H,57,61)(H,62,63). The highest BCUT2D eigenvalue weighted by molar-refractivity contribution is 8.00. The van der Waals surface area contributed by atoms with Crippen LogP contribution in [-0.4, -0.2) is 96.3 Å². The maximum atomic E-state index is 15.0. The largest absolute Gasteiger partial charge is 0.615 e. The molecule has 0 bridgehead atoms. The van der Waals surface area contributed by atoms with Gasteiger partial charge < -0.3 is 25.0 Å². The van der Waals surface area contributed by atoms with E-state index in [0.717, 1.165) is 19.1 Å². The summed E-state index contributed by atoms with van der Waals surface area (Å²) in [5, 5.41) is 24.7. The number of hydrogen-bond donors (Lipinski definition) is 4. The molecule has 4 aromatic rings. The third kappa shape index (κ3) is 12.5. The number of aromatic nitrogens is 3. The van der Waals surface area contributed by atoms with Crippen molar-refractivity contribution in [1.29, 1.82) is 5.41 Å². The van der Waals surface area contributed by atoms with Gasteiger partial charge in [0.1, 0.15) is 29.6 Å². The number of allylic oxidation sites excluding steroid dienone is 2. The molecular formula is C42H38ClF10N7O6S2. The SMILES string of the molecule is CSN(C(=O)OC(C)C(=O)O)c1nn(CC(F)(F)F)c2c(-c3ccc(C#CC(C)(C)[S+](C)[O-])nc3C(Cc3cc(F)cc(F)c3)NC(=O)CNC3=C(C(=N)C(F)(F)F)CCC3(F)F)ccc(Cl)c12. The second-order valence-corrected chi connectivity index (χ2v) is 18.6. The van der Waals surface area contributed by atoms with Crippen LogP contribution in [0.25, 0.3) is 22.0 Å². The number of amides is 2. The zero-order chi connectivity index (χ0) is 50.8. The van der Waals surface area contributed by atoms with Crippen molar-refractivity contribution in [3.63, 3.8) is 0 Å². The third-order valence-electron chi connectivity index (χ3n) is 10.1. The summed E-state index contributed by atoms with van der Waals surface area (Å²) < 4.78 is 160. The molecule has 2 aromatic heterocycles. The molecule has 2 heterocycles. The summed E-state index contributed by atoms with van der Waals surface area (Å²) in [4.78, 5) is 43.2. The van der Waals surface area contributed by atoms with Crippen molar-refractivity contribution in [1.82, 2.24) is 25.4 Å². The number of halogens is 11. The zero-order valence-electron chi connectivity index (χ0n) is 36.0. The predicted molar refractivity (Wildman–Crippen MR) is 233 cm³/mol. The van der Waals surface area contributed by atoms with Crippen LogP contribution in [0.2, 0.25) is 5.02 Å². The molecule has 0 fully saturated rings. The zero-order valence-corrected chi connectivity index (χ0v) is 38.4. The van der Waals surface area contributed by atoms with E-state index < -0.39 is 137 Å². The number of rotatable bonds is 15. The van der Waals surface area contributed by atoms with E-state index in [9.17, 15) is 67.9 Å². The van der Waals surface area contributed by atoms with E-state index in [4.69, 9.17) is 21.7 Å². The summed E-state index contributed by atoms with van der Waals surface area (Å²) in [7, 11) is 0. The van der Waals surface area contributed by atoms with Crippen molar-refractivity contribution in [2.24, 2.45) is 0 Å². The molecule has 1 aliphatic rings. The van der Waals surface area contributed by atoms with Crippen molar-refractivity contribution in [2.75, 3.05) is 23.4 Å². The van der Waals surface area contributed by atoms with Gasteiger partial charge in [0.2, 0.25) is 5.91 Å². The van der Waals surface area contributed by atoms with Crippen LogP contribution >= 0.6 is 23.5 Å². The highest BCUT2D eigenvalue weighted by Gasteiger charge is 2.48. The van der Waals surface area contributed by atoms with Gasteiger partial charge in [0.15, 0.2) is 16.7 Å². The molecule has 3 unspecified atom stereocenters. The van der Waals surface area contributed by atoms with E-state index in [1.165, 1.54) is 50.6 Å². The maximum absolute atomic E-state index is 15.0. The molecule has 0 spiro atoms. The van der Waals surface area contributed by atoms with Crippen LogP contribution in [0.1, 0.15) is 56.6 Å². The number of alkyl halides is 8. The number of pyridine rings is 1. The quantitative estimate of drug-likeness (QED) is 0.0295. The van der Waals surface area contributed by atoms with Gasteiger partial charge in [-0.05, 0) is 104 Å². The molecule has 0 radical (unpaired) electrons. The van der Waals surface area contributed by atoms with Crippen LogP contribution in [0.3, 0.4) is 0 Å². The van der Waals surface area contributed by atoms with Crippen LogP contribution in [0, 0.1) is 28.9 Å². The molecule has 0 saturated carbocycles. The molecule has 5 rings (SSSR count). The second-order valence-electron chi connectivity index (χ2n) is 15.5. The second kappa shape index (κ2) is 20.5. The van der Waals surface area contributed by atoms with E-state index in [1.54, 1.807) is 0 Å². The van der Waals surface area contributed by atoms with Crippen molar-refractivity contribution >= 4 is 75.1 Å². The van der Waals surface area contributed by atoms with Crippen LogP contribution in [0.5, 0.6) is 0 Å². The summed E-state index contributed by atoms with van der Waals surface area (Å²) in [6, 6.07) is 5.52. The molecule has 0 saturated heterocycles. The summed E-state index contributed by atoms with van der Waals surface area (Å²) in [6.45, 7) is 1.07. The first-order chi connectivity index (χ1) is 31.4. The van der Waals surface area contributed by atoms with Gasteiger partial charge in [0.25, 0.3) is 5.92 Å². The summed E-state index contributed by atoms with van der Waals surface area (Å²) in [5.74, 6) is -3.96. The summed E-state index contributed by atoms with van der Waals surface area (Å²) in [6.07, 6.45) is -13.4. The number of carbonyl (C=O) groups is 3. The Kier molecular flexibility index (Phi) is 16.0. The Labute approximate surface area is 392 Å². The monoisotopic (exact) mass is 1030 g/mol. The van der Waals surface area contributed by atoms with Crippen molar-refractivity contribution in [3.05, 3.63) is 87.3 Å². The normalized spacial score (nSPS) is 15.3. The highest BCUT2D eigenvalue weighted by atomic mass is 35.5. The van der Waals surface area contributed by atoms with Gasteiger partial charge >= 0.3 is 24.4 Å². The lowest BCUT2D eigenvalue weighted by atomic mass is 9.93. The smallest absolute Gasteiger partial charge is 0.433 e. The number of carboxylic acids is 1. The predicted octanol–water partition coefficient (Wildman–Crippen LogP) is 9.05. The lowest BCUT2D eigenvalue weighted by Crippen LogP contribution is -2.40. The number of hydrogen-bond acceptors (Lipinski definition) is 10. The molecule has 2 amide bonds. The number of benzene rings is 2. The Morgan fingerprint density at radius 2 is 1.72 bits per heavy atom. The Morgan fingerprint density at radius 3 is 2.29 bits per heavy atom. The number of aliphatic carboxylic acids is 1. The first-order valence-electron chi connectivity index (χ1n) is 19.6. The van der Waals surface area contributed by atoms with E-state index in [2.05, 4.69) is 27.2 Å². The molecule has 13 nitrogen and oxygen atoms in total. The van der Waals surface area contributed by atoms with Gasteiger partial charge in [0, 0.05) is 35.4 Å². The van der Waals surface area contributed by atoms with Crippen LogP contribution in [-0.2, 0) is 38.5 Å². The van der Waals surface area contributed by atoms with Gasteiger partial charge in [-0.2, -0.15) is 44.5 Å². The topological polar surface area (TPSA) is 186 Å². The van der Waals surface area contributed by atoms with Gasteiger partial charge in [-0.1, -0.05) is 17.7 Å². The van der Waals surface area contributed by atoms with Crippen LogP contribution < -0.4 is 14.9 Å². The third-order valence-corrected chi connectivity index (χ3v) is 12.7. The average molecular weight is 1030 g/mol. The number of nitrogens with one attached hydrogen (secondary N) is 3. The first-order valence-corrected chi connectivity index (χ1v) is 22.7. The van der Waals surface area contributed by atoms with E-state index in [-0.39, 0.29) is 38.5 Å². The average Bonchev–Trinajstić information content (AvgIpc) is 3.73. The van der Waals surface area contributed by atoms with Crippen molar-refractivity contribution < 1.29 is 72.7 Å². The number of nitrogens with zero attached hydrogens (tertiary/aromatic N) is 4. The molecule has 1 aliphatic carbocycles. The number of fused-ring (bicyclic) bond motifs is 1. The van der Waals surface area contributed by atoms with E-state index in [0.29, 0.717) is 27.0 Å². The summed E-state index contributed by atoms with van der Waals surface area (Å²) >= 11 is 5.64. The van der Waals surface area contributed by atoms with E-state index >= 15 is 0 Å². The molecule has 26 heteroatoms. The fourth-order valence-corrected chi connectivity index (χ4v) is 7.66. The van der Waals surface area contributed by atoms with Gasteiger partial charge in [-0.15, -0.1) is 0 Å². The maximum Gasteiger partial charge on any atom is 0.433 e.